The van der Waals surface area contributed by atoms with Crippen LogP contribution in [0.25, 0.3) is 5.65 Å². The molecule has 0 unspecified atom stereocenters. The van der Waals surface area contributed by atoms with Crippen molar-refractivity contribution in [3.63, 3.8) is 0 Å². The van der Waals surface area contributed by atoms with Gasteiger partial charge in [-0.1, -0.05) is 13.3 Å². The number of halogens is 1. The number of pyridine rings is 1. The van der Waals surface area contributed by atoms with Crippen LogP contribution in [0.15, 0.2) is 23.3 Å². The molecule has 0 atom stereocenters. The Hall–Kier alpha value is -1.11. The van der Waals surface area contributed by atoms with E-state index in [4.69, 9.17) is 0 Å². The molecule has 0 amide bonds. The number of nitrogens with zero attached hydrogens (tertiary/aromatic N) is 2. The van der Waals surface area contributed by atoms with Gasteiger partial charge in [0.2, 0.25) is 0 Å². The van der Waals surface area contributed by atoms with E-state index in [0.717, 1.165) is 6.42 Å². The van der Waals surface area contributed by atoms with Gasteiger partial charge in [0.05, 0.1) is 3.57 Å². The molecule has 0 saturated carbocycles. The highest BCUT2D eigenvalue weighted by Gasteiger charge is 2.09. The molecule has 2 heterocycles. The molecule has 0 aliphatic rings. The number of aryl methyl sites for hydroxylation is 1. The molecule has 2 rings (SSSR count). The highest BCUT2D eigenvalue weighted by atomic mass is 127. The van der Waals surface area contributed by atoms with Crippen LogP contribution in [0.3, 0.4) is 0 Å². The van der Waals surface area contributed by atoms with Gasteiger partial charge in [-0.3, -0.25) is 9.20 Å². The molecule has 2 aromatic rings. The lowest BCUT2D eigenvalue weighted by Crippen LogP contribution is -2.19. The van der Waals surface area contributed by atoms with Gasteiger partial charge >= 0.3 is 0 Å². The van der Waals surface area contributed by atoms with E-state index in [1.165, 1.54) is 4.40 Å². The quantitative estimate of drug-likeness (QED) is 0.857. The van der Waals surface area contributed by atoms with Crippen molar-refractivity contribution < 1.29 is 5.11 Å². The molecule has 0 fully saturated rings. The lowest BCUT2D eigenvalue weighted by atomic mass is 10.2. The van der Waals surface area contributed by atoms with Crippen LogP contribution in [0, 0.1) is 3.57 Å². The molecule has 0 bridgehead atoms. The Morgan fingerprint density at radius 3 is 3.00 bits per heavy atom. The van der Waals surface area contributed by atoms with Crippen molar-refractivity contribution in [1.82, 2.24) is 9.38 Å². The van der Waals surface area contributed by atoms with Gasteiger partial charge in [-0.15, -0.1) is 0 Å². The summed E-state index contributed by atoms with van der Waals surface area (Å²) in [6.45, 7) is 2.01. The second-order valence-corrected chi connectivity index (χ2v) is 4.71. The lowest BCUT2D eigenvalue weighted by molar-refractivity contribution is 0.472. The Bertz CT molecular complexity index is 592. The largest absolute Gasteiger partial charge is 0.504 e. The smallest absolute Gasteiger partial charge is 0.261 e. The fourth-order valence-corrected chi connectivity index (χ4v) is 1.99. The first-order valence-corrected chi connectivity index (χ1v) is 6.10. The van der Waals surface area contributed by atoms with E-state index in [1.54, 1.807) is 18.5 Å². The number of hydrogen-bond donors (Lipinski definition) is 1. The zero-order valence-corrected chi connectivity index (χ0v) is 10.9. The first-order chi connectivity index (χ1) is 7.65. The average Bonchev–Trinajstić information content (AvgIpc) is 2.28. The number of hydrogen-bond acceptors (Lipinski definition) is 3. The molecule has 4 nitrogen and oxygen atoms in total. The van der Waals surface area contributed by atoms with Gasteiger partial charge in [-0.2, -0.15) is 0 Å². The summed E-state index contributed by atoms with van der Waals surface area (Å²) in [5.74, 6) is 0.0586. The summed E-state index contributed by atoms with van der Waals surface area (Å²) in [4.78, 5) is 16.1. The Balaban J connectivity index is 2.77. The Labute approximate surface area is 106 Å². The number of aromatic hydroxyl groups is 1. The fourth-order valence-electron chi connectivity index (χ4n) is 1.59. The molecule has 84 valence electrons. The summed E-state index contributed by atoms with van der Waals surface area (Å²) >= 11 is 2.00. The Morgan fingerprint density at radius 1 is 1.56 bits per heavy atom. The van der Waals surface area contributed by atoms with Crippen LogP contribution in [0.2, 0.25) is 0 Å². The maximum atomic E-state index is 12.0. The molecule has 0 radical (unpaired) electrons. The molecule has 2 aromatic heterocycles. The van der Waals surface area contributed by atoms with Crippen molar-refractivity contribution in [2.24, 2.45) is 0 Å². The Morgan fingerprint density at radius 2 is 2.31 bits per heavy atom. The van der Waals surface area contributed by atoms with Crippen molar-refractivity contribution >= 4 is 28.2 Å². The van der Waals surface area contributed by atoms with Crippen molar-refractivity contribution in [3.8, 4) is 5.75 Å². The van der Waals surface area contributed by atoms with E-state index in [2.05, 4.69) is 4.98 Å². The summed E-state index contributed by atoms with van der Waals surface area (Å²) in [6.07, 6.45) is 4.81. The minimum absolute atomic E-state index is 0.0586. The van der Waals surface area contributed by atoms with Gasteiger partial charge in [0.15, 0.2) is 11.4 Å². The highest BCUT2D eigenvalue weighted by molar-refractivity contribution is 14.1. The van der Waals surface area contributed by atoms with Crippen LogP contribution >= 0.6 is 22.6 Å². The summed E-state index contributed by atoms with van der Waals surface area (Å²) in [6, 6.07) is 1.70. The van der Waals surface area contributed by atoms with Gasteiger partial charge in [0.1, 0.15) is 0 Å². The van der Waals surface area contributed by atoms with Crippen LogP contribution in [0.5, 0.6) is 5.75 Å². The third kappa shape index (κ3) is 1.79. The molecule has 0 saturated heterocycles. The van der Waals surface area contributed by atoms with Gasteiger partial charge in [0.25, 0.3) is 5.56 Å². The van der Waals surface area contributed by atoms with Crippen LogP contribution in [0.1, 0.15) is 18.9 Å². The maximum Gasteiger partial charge on any atom is 0.261 e. The Kier molecular flexibility index (Phi) is 3.13. The van der Waals surface area contributed by atoms with Gasteiger partial charge in [0, 0.05) is 18.0 Å². The maximum absolute atomic E-state index is 12.0. The van der Waals surface area contributed by atoms with Crippen LogP contribution in [0.4, 0.5) is 0 Å². The lowest BCUT2D eigenvalue weighted by Gasteiger charge is -2.05. The number of rotatable bonds is 2. The van der Waals surface area contributed by atoms with Gasteiger partial charge in [-0.25, -0.2) is 4.98 Å². The summed E-state index contributed by atoms with van der Waals surface area (Å²) < 4.78 is 2.08. The minimum atomic E-state index is -0.0986. The summed E-state index contributed by atoms with van der Waals surface area (Å²) in [7, 11) is 0. The van der Waals surface area contributed by atoms with E-state index < -0.39 is 0 Å². The zero-order chi connectivity index (χ0) is 11.7. The number of fused-ring (bicyclic) bond motifs is 1. The first-order valence-electron chi connectivity index (χ1n) is 5.03. The van der Waals surface area contributed by atoms with Crippen LogP contribution in [-0.4, -0.2) is 14.5 Å². The van der Waals surface area contributed by atoms with E-state index >= 15 is 0 Å². The number of aromatic nitrogens is 2. The average molecular weight is 330 g/mol. The minimum Gasteiger partial charge on any atom is -0.504 e. The van der Waals surface area contributed by atoms with Gasteiger partial charge < -0.3 is 5.11 Å². The standard InChI is InChI=1S/C11H11IN2O2/c1-2-3-7-6-13-10-9(15)8(12)4-5-14(10)11(7)16/h4-6,15H,2-3H2,1H3. The predicted octanol–water partition coefficient (Wildman–Crippen LogP) is 1.96. The van der Waals surface area contributed by atoms with E-state index in [1.807, 2.05) is 29.5 Å². The molecule has 0 spiro atoms. The summed E-state index contributed by atoms with van der Waals surface area (Å²) in [5.41, 5.74) is 0.899. The normalized spacial score (nSPS) is 10.9. The van der Waals surface area contributed by atoms with Crippen molar-refractivity contribution in [2.75, 3.05) is 0 Å². The highest BCUT2D eigenvalue weighted by Crippen LogP contribution is 2.22. The van der Waals surface area contributed by atoms with E-state index in [0.29, 0.717) is 21.2 Å². The van der Waals surface area contributed by atoms with Crippen LogP contribution in [-0.2, 0) is 6.42 Å². The molecule has 0 aromatic carbocycles. The predicted molar refractivity (Wildman–Crippen MR) is 69.8 cm³/mol. The summed E-state index contributed by atoms with van der Waals surface area (Å²) in [5, 5.41) is 9.77. The SMILES string of the molecule is CCCc1cnc2c(O)c(I)ccn2c1=O. The molecule has 1 N–H and O–H groups in total. The second kappa shape index (κ2) is 4.40. The van der Waals surface area contributed by atoms with E-state index in [9.17, 15) is 9.90 Å². The zero-order valence-electron chi connectivity index (χ0n) is 8.77. The molecule has 0 aliphatic heterocycles. The second-order valence-electron chi connectivity index (χ2n) is 3.54. The topological polar surface area (TPSA) is 54.6 Å². The molecular formula is C11H11IN2O2. The van der Waals surface area contributed by atoms with E-state index in [-0.39, 0.29) is 11.3 Å². The van der Waals surface area contributed by atoms with Gasteiger partial charge in [-0.05, 0) is 35.1 Å². The molecular weight excluding hydrogens is 319 g/mol. The first kappa shape index (κ1) is 11.4. The third-order valence-electron chi connectivity index (χ3n) is 2.39. The fraction of sp³-hybridized carbons (Fsp3) is 0.273. The van der Waals surface area contributed by atoms with Crippen molar-refractivity contribution in [2.45, 2.75) is 19.8 Å². The van der Waals surface area contributed by atoms with Crippen LogP contribution < -0.4 is 5.56 Å². The van der Waals surface area contributed by atoms with Crippen molar-refractivity contribution in [3.05, 3.63) is 37.9 Å². The van der Waals surface area contributed by atoms with Crippen molar-refractivity contribution in [1.29, 1.82) is 0 Å². The third-order valence-corrected chi connectivity index (χ3v) is 3.26. The molecule has 0 aliphatic carbocycles. The molecule has 5 heteroatoms. The molecule has 16 heavy (non-hydrogen) atoms. The monoisotopic (exact) mass is 330 g/mol.